The molecule has 0 aliphatic carbocycles. The quantitative estimate of drug-likeness (QED) is 0.842. The third-order valence-corrected chi connectivity index (χ3v) is 2.30. The summed E-state index contributed by atoms with van der Waals surface area (Å²) in [6.07, 6.45) is 0.480. The summed E-state index contributed by atoms with van der Waals surface area (Å²) in [5, 5.41) is 9.11. The molecule has 0 atom stereocenters. The summed E-state index contributed by atoms with van der Waals surface area (Å²) in [7, 11) is 1.65. The second-order valence-corrected chi connectivity index (χ2v) is 3.67. The van der Waals surface area contributed by atoms with E-state index in [0.717, 1.165) is 0 Å². The predicted octanol–water partition coefficient (Wildman–Crippen LogP) is 1.72. The summed E-state index contributed by atoms with van der Waals surface area (Å²) in [5.41, 5.74) is 0.700. The number of ketones is 1. The Morgan fingerprint density at radius 1 is 1.19 bits per heavy atom. The van der Waals surface area contributed by atoms with Gasteiger partial charge in [0.2, 0.25) is 5.91 Å². The van der Waals surface area contributed by atoms with Gasteiger partial charge in [0.1, 0.15) is 11.5 Å². The number of phenols is 1. The molecule has 1 amide bonds. The number of amides is 1. The molecule has 4 heteroatoms. The number of Topliss-reactive ketones (excluding diaryl/α,β-unsaturated/α-hetero) is 1. The van der Waals surface area contributed by atoms with Crippen LogP contribution in [0.3, 0.4) is 0 Å². The van der Waals surface area contributed by atoms with Crippen LogP contribution < -0.4 is 4.90 Å². The van der Waals surface area contributed by atoms with Crippen LogP contribution in [0.25, 0.3) is 0 Å². The molecule has 0 heterocycles. The highest BCUT2D eigenvalue weighted by Gasteiger charge is 2.11. The average molecular weight is 221 g/mol. The number of carbonyl (C=O) groups is 2. The third kappa shape index (κ3) is 3.38. The topological polar surface area (TPSA) is 57.6 Å². The van der Waals surface area contributed by atoms with Gasteiger partial charge in [0.15, 0.2) is 0 Å². The van der Waals surface area contributed by atoms with Gasteiger partial charge in [0.05, 0.1) is 0 Å². The summed E-state index contributed by atoms with van der Waals surface area (Å²) < 4.78 is 0. The lowest BCUT2D eigenvalue weighted by Crippen LogP contribution is -2.26. The molecule has 1 aromatic carbocycles. The molecule has 86 valence electrons. The summed E-state index contributed by atoms with van der Waals surface area (Å²) in [4.78, 5) is 23.9. The normalized spacial score (nSPS) is 9.88. The number of anilines is 1. The summed E-state index contributed by atoms with van der Waals surface area (Å²) in [5.74, 6) is 0.0571. The molecule has 0 unspecified atom stereocenters. The Balaban J connectivity index is 2.63. The predicted molar refractivity (Wildman–Crippen MR) is 61.4 cm³/mol. The van der Waals surface area contributed by atoms with Crippen LogP contribution in [0, 0.1) is 0 Å². The molecule has 0 bridgehead atoms. The van der Waals surface area contributed by atoms with Gasteiger partial charge in [-0.25, -0.2) is 0 Å². The number of nitrogens with zero attached hydrogens (tertiary/aromatic N) is 1. The highest BCUT2D eigenvalue weighted by molar-refractivity contribution is 5.94. The van der Waals surface area contributed by atoms with Crippen molar-refractivity contribution in [2.24, 2.45) is 0 Å². The van der Waals surface area contributed by atoms with Crippen molar-refractivity contribution in [1.82, 2.24) is 0 Å². The van der Waals surface area contributed by atoms with Gasteiger partial charge >= 0.3 is 0 Å². The fourth-order valence-corrected chi connectivity index (χ4v) is 1.27. The Labute approximate surface area is 94.5 Å². The van der Waals surface area contributed by atoms with Gasteiger partial charge < -0.3 is 14.8 Å². The van der Waals surface area contributed by atoms with Gasteiger partial charge in [-0.1, -0.05) is 0 Å². The molecule has 0 aliphatic heterocycles. The number of aromatic hydroxyl groups is 1. The summed E-state index contributed by atoms with van der Waals surface area (Å²) >= 11 is 0. The molecule has 0 radical (unpaired) electrons. The first kappa shape index (κ1) is 12.2. The fraction of sp³-hybridized carbons (Fsp3) is 0.333. The molecule has 0 saturated carbocycles. The molecule has 0 spiro atoms. The van der Waals surface area contributed by atoms with E-state index in [2.05, 4.69) is 0 Å². The third-order valence-electron chi connectivity index (χ3n) is 2.30. The van der Waals surface area contributed by atoms with Crippen molar-refractivity contribution in [3.63, 3.8) is 0 Å². The highest BCUT2D eigenvalue weighted by atomic mass is 16.3. The van der Waals surface area contributed by atoms with Crippen molar-refractivity contribution < 1.29 is 14.7 Å². The van der Waals surface area contributed by atoms with Crippen molar-refractivity contribution in [3.05, 3.63) is 24.3 Å². The Bertz CT molecular complexity index is 384. The van der Waals surface area contributed by atoms with Crippen molar-refractivity contribution in [3.8, 4) is 5.75 Å². The minimum atomic E-state index is -0.110. The Morgan fingerprint density at radius 3 is 2.25 bits per heavy atom. The SMILES string of the molecule is CC(=O)CCC(=O)N(C)c1ccc(O)cc1. The lowest BCUT2D eigenvalue weighted by atomic mass is 10.2. The second kappa shape index (κ2) is 5.30. The molecule has 1 aromatic rings. The van der Waals surface area contributed by atoms with E-state index in [-0.39, 0.29) is 30.3 Å². The highest BCUT2D eigenvalue weighted by Crippen LogP contribution is 2.17. The van der Waals surface area contributed by atoms with E-state index in [1.807, 2.05) is 0 Å². The van der Waals surface area contributed by atoms with E-state index in [1.165, 1.54) is 24.0 Å². The zero-order chi connectivity index (χ0) is 12.1. The minimum absolute atomic E-state index is 0.00690. The van der Waals surface area contributed by atoms with Crippen LogP contribution in [0.4, 0.5) is 5.69 Å². The number of hydrogen-bond acceptors (Lipinski definition) is 3. The summed E-state index contributed by atoms with van der Waals surface area (Å²) in [6, 6.07) is 6.34. The second-order valence-electron chi connectivity index (χ2n) is 3.67. The van der Waals surface area contributed by atoms with Crippen molar-refractivity contribution in [2.75, 3.05) is 11.9 Å². The van der Waals surface area contributed by atoms with Crippen LogP contribution in [-0.2, 0) is 9.59 Å². The van der Waals surface area contributed by atoms with Gasteiger partial charge in [0, 0.05) is 25.6 Å². The van der Waals surface area contributed by atoms with Gasteiger partial charge in [-0.15, -0.1) is 0 Å². The van der Waals surface area contributed by atoms with E-state index >= 15 is 0 Å². The molecule has 0 aliphatic rings. The molecule has 0 aromatic heterocycles. The standard InChI is InChI=1S/C12H15NO3/c1-9(14)3-8-12(16)13(2)10-4-6-11(15)7-5-10/h4-7,15H,3,8H2,1-2H3. The van der Waals surface area contributed by atoms with Crippen molar-refractivity contribution in [2.45, 2.75) is 19.8 Å². The Morgan fingerprint density at radius 2 is 1.75 bits per heavy atom. The van der Waals surface area contributed by atoms with Crippen LogP contribution in [0.15, 0.2) is 24.3 Å². The van der Waals surface area contributed by atoms with Gasteiger partial charge in [-0.05, 0) is 31.2 Å². The lowest BCUT2D eigenvalue weighted by Gasteiger charge is -2.16. The number of rotatable bonds is 4. The molecular weight excluding hydrogens is 206 g/mol. The van der Waals surface area contributed by atoms with Gasteiger partial charge in [-0.3, -0.25) is 4.79 Å². The molecule has 16 heavy (non-hydrogen) atoms. The largest absolute Gasteiger partial charge is 0.508 e. The van der Waals surface area contributed by atoms with Gasteiger partial charge in [0.25, 0.3) is 0 Å². The van der Waals surface area contributed by atoms with Crippen molar-refractivity contribution in [1.29, 1.82) is 0 Å². The lowest BCUT2D eigenvalue weighted by molar-refractivity contribution is -0.122. The van der Waals surface area contributed by atoms with Crippen LogP contribution in [-0.4, -0.2) is 23.8 Å². The molecule has 1 N–H and O–H groups in total. The zero-order valence-corrected chi connectivity index (χ0v) is 9.43. The maximum atomic E-state index is 11.6. The van der Waals surface area contributed by atoms with E-state index in [9.17, 15) is 9.59 Å². The Hall–Kier alpha value is -1.84. The first-order valence-corrected chi connectivity index (χ1v) is 5.05. The van der Waals surface area contributed by atoms with Crippen LogP contribution in [0.2, 0.25) is 0 Å². The first-order valence-electron chi connectivity index (χ1n) is 5.05. The summed E-state index contributed by atoms with van der Waals surface area (Å²) in [6.45, 7) is 1.47. The van der Waals surface area contributed by atoms with E-state index in [4.69, 9.17) is 5.11 Å². The average Bonchev–Trinajstić information content (AvgIpc) is 2.26. The Kier molecular flexibility index (Phi) is 4.05. The molecule has 1 rings (SSSR count). The van der Waals surface area contributed by atoms with Crippen LogP contribution in [0.5, 0.6) is 5.75 Å². The smallest absolute Gasteiger partial charge is 0.227 e. The van der Waals surface area contributed by atoms with Crippen molar-refractivity contribution >= 4 is 17.4 Å². The van der Waals surface area contributed by atoms with E-state index in [0.29, 0.717) is 5.69 Å². The first-order chi connectivity index (χ1) is 7.50. The molecular formula is C12H15NO3. The number of benzene rings is 1. The van der Waals surface area contributed by atoms with E-state index < -0.39 is 0 Å². The number of phenolic OH excluding ortho intramolecular Hbond substituents is 1. The van der Waals surface area contributed by atoms with Gasteiger partial charge in [-0.2, -0.15) is 0 Å². The molecule has 4 nitrogen and oxygen atoms in total. The molecule has 0 saturated heterocycles. The minimum Gasteiger partial charge on any atom is -0.508 e. The number of hydrogen-bond donors (Lipinski definition) is 1. The van der Waals surface area contributed by atoms with E-state index in [1.54, 1.807) is 19.2 Å². The van der Waals surface area contributed by atoms with Crippen LogP contribution in [0.1, 0.15) is 19.8 Å². The van der Waals surface area contributed by atoms with Crippen LogP contribution >= 0.6 is 0 Å². The zero-order valence-electron chi connectivity index (χ0n) is 9.43. The maximum absolute atomic E-state index is 11.6. The maximum Gasteiger partial charge on any atom is 0.227 e. The number of carbonyl (C=O) groups excluding carboxylic acids is 2. The molecule has 0 fully saturated rings. The monoisotopic (exact) mass is 221 g/mol. The fourth-order valence-electron chi connectivity index (χ4n) is 1.27.